The highest BCUT2D eigenvalue weighted by molar-refractivity contribution is 6.25. The fourth-order valence-electron chi connectivity index (χ4n) is 10.3. The lowest BCUT2D eigenvalue weighted by atomic mass is 10.00. The molecule has 0 atom stereocenters. The summed E-state index contributed by atoms with van der Waals surface area (Å²) in [6.07, 6.45) is 0. The van der Waals surface area contributed by atoms with Gasteiger partial charge in [-0.05, 0) is 101 Å². The van der Waals surface area contributed by atoms with Crippen LogP contribution in [0.3, 0.4) is 0 Å². The number of H-pyrrole nitrogens is 2. The minimum atomic E-state index is -0.687. The van der Waals surface area contributed by atoms with E-state index in [2.05, 4.69) is 41.1 Å². The number of anilines is 2. The van der Waals surface area contributed by atoms with E-state index < -0.39 is 22.5 Å². The average molecular weight is 996 g/mol. The zero-order chi connectivity index (χ0) is 51.9. The van der Waals surface area contributed by atoms with Crippen LogP contribution >= 0.6 is 0 Å². The van der Waals surface area contributed by atoms with E-state index in [1.54, 1.807) is 54.6 Å². The molecule has 2 amide bonds. The molecule has 0 unspecified atom stereocenters. The zero-order valence-electron chi connectivity index (χ0n) is 39.8. The molecule has 76 heavy (non-hydrogen) atoms. The number of nitrogens with zero attached hydrogens (tertiary/aromatic N) is 5. The summed E-state index contributed by atoms with van der Waals surface area (Å²) in [6, 6.07) is 49.2. The Balaban J connectivity index is 0.854. The van der Waals surface area contributed by atoms with Crippen molar-refractivity contribution in [2.45, 2.75) is 6.92 Å². The average Bonchev–Trinajstić information content (AvgIpc) is 4.17. The molecule has 16 nitrogen and oxygen atoms in total. The lowest BCUT2D eigenvalue weighted by Gasteiger charge is -2.13. The number of para-hydroxylation sites is 3. The second-order valence-electron chi connectivity index (χ2n) is 18.5. The molecule has 10 aromatic carbocycles. The Morgan fingerprint density at radius 3 is 1.53 bits per heavy atom. The number of aryl methyl sites for hydroxylation is 1. The number of nitro groups is 1. The van der Waals surface area contributed by atoms with Crippen molar-refractivity contribution >= 4 is 123 Å². The molecule has 2 heterocycles. The number of azo groups is 2. The lowest BCUT2D eigenvalue weighted by Crippen LogP contribution is -2.13. The van der Waals surface area contributed by atoms with Gasteiger partial charge in [0.15, 0.2) is 17.3 Å². The summed E-state index contributed by atoms with van der Waals surface area (Å²) in [7, 11) is 0. The molecule has 6 N–H and O–H groups in total. The third-order valence-corrected chi connectivity index (χ3v) is 14.0. The van der Waals surface area contributed by atoms with Crippen molar-refractivity contribution in [1.82, 2.24) is 9.97 Å². The highest BCUT2D eigenvalue weighted by Gasteiger charge is 2.29. The maximum absolute atomic E-state index is 14.3. The smallest absolute Gasteiger partial charge is 0.269 e. The number of phenolic OH excluding ortho intramolecular Hbond substituents is 2. The van der Waals surface area contributed by atoms with Crippen molar-refractivity contribution in [2.75, 3.05) is 10.6 Å². The number of nitrogens with one attached hydrogen (secondary N) is 4. The van der Waals surface area contributed by atoms with Crippen LogP contribution in [0.5, 0.6) is 11.5 Å². The van der Waals surface area contributed by atoms with Gasteiger partial charge in [0.25, 0.3) is 17.5 Å². The molecule has 13 rings (SSSR count). The van der Waals surface area contributed by atoms with Gasteiger partial charge in [0.05, 0.1) is 38.5 Å². The van der Waals surface area contributed by atoms with E-state index in [1.165, 1.54) is 24.3 Å². The molecule has 12 aromatic rings. The number of rotatable bonds is 9. The van der Waals surface area contributed by atoms with Crippen LogP contribution in [0.1, 0.15) is 42.2 Å². The summed E-state index contributed by atoms with van der Waals surface area (Å²) >= 11 is 0. The summed E-state index contributed by atoms with van der Waals surface area (Å²) < 4.78 is 0. The molecule has 0 aliphatic heterocycles. The van der Waals surface area contributed by atoms with Gasteiger partial charge in [-0.1, -0.05) is 91.0 Å². The summed E-state index contributed by atoms with van der Waals surface area (Å²) in [5.41, 5.74) is 7.20. The number of aromatic amines is 2. The molecule has 0 saturated carbocycles. The first-order valence-electron chi connectivity index (χ1n) is 23.9. The van der Waals surface area contributed by atoms with E-state index in [0.29, 0.717) is 66.2 Å². The van der Waals surface area contributed by atoms with Gasteiger partial charge in [0.1, 0.15) is 11.4 Å². The van der Waals surface area contributed by atoms with Crippen molar-refractivity contribution < 1.29 is 29.5 Å². The van der Waals surface area contributed by atoms with Gasteiger partial charge in [-0.3, -0.25) is 24.5 Å². The molecule has 1 aliphatic rings. The van der Waals surface area contributed by atoms with Gasteiger partial charge < -0.3 is 30.8 Å². The standard InChI is InChI=1S/C60H37N9O7/c1-30-8-2-5-11-47(30)64-60(74)46-27-32-15-23-42-40-10-4-7-13-49(40)63-53(42)51(32)55(58(46)72)68-66-35-19-25-38-37-24-18-34(28-43(37)56(70)44(38)29-35)65-67-54-50-31(14-22-41-39-9-3-6-12-48(39)62-52(41)50)26-45(57(54)71)59(73)61-33-16-20-36(21-17-33)69(75)76/h2-29,62-63,71-72H,1H3,(H,61,73)(H,64,74). The fourth-order valence-corrected chi connectivity index (χ4v) is 10.3. The molecule has 0 bridgehead atoms. The number of benzene rings is 10. The summed E-state index contributed by atoms with van der Waals surface area (Å²) in [5.74, 6) is -2.36. The van der Waals surface area contributed by atoms with Gasteiger partial charge in [-0.25, -0.2) is 0 Å². The number of fused-ring (bicyclic) bond motifs is 13. The Hall–Kier alpha value is -10.9. The van der Waals surface area contributed by atoms with Gasteiger partial charge in [-0.15, -0.1) is 10.2 Å². The minimum absolute atomic E-state index is 0.000118. The first-order chi connectivity index (χ1) is 37.0. The van der Waals surface area contributed by atoms with Crippen molar-refractivity contribution in [3.8, 4) is 22.6 Å². The van der Waals surface area contributed by atoms with E-state index in [1.807, 2.05) is 97.9 Å². The van der Waals surface area contributed by atoms with Crippen LogP contribution in [0, 0.1) is 17.0 Å². The zero-order valence-corrected chi connectivity index (χ0v) is 39.8. The monoisotopic (exact) mass is 995 g/mol. The van der Waals surface area contributed by atoms with Crippen molar-refractivity contribution in [2.24, 2.45) is 20.5 Å². The van der Waals surface area contributed by atoms with Gasteiger partial charge in [-0.2, -0.15) is 10.2 Å². The van der Waals surface area contributed by atoms with E-state index in [0.717, 1.165) is 38.1 Å². The SMILES string of the molecule is Cc1ccccc1NC(=O)c1cc2ccc3c4ccccc4[nH]c3c2c(N=Nc2ccc3c(c2)C(=O)c2cc(N=Nc4c(O)c(C(=O)Nc5ccc([N+](=O)[O-])cc5)cc5ccc6c7ccccc7[nH]c6c45)ccc2-3)c1O. The van der Waals surface area contributed by atoms with E-state index in [-0.39, 0.29) is 51.1 Å². The number of carbonyl (C=O) groups excluding carboxylic acids is 3. The quantitative estimate of drug-likeness (QED) is 0.0464. The first kappa shape index (κ1) is 45.0. The number of aromatic nitrogens is 2. The first-order valence-corrected chi connectivity index (χ1v) is 23.9. The largest absolute Gasteiger partial charge is 0.505 e. The summed E-state index contributed by atoms with van der Waals surface area (Å²) in [6.45, 7) is 1.88. The van der Waals surface area contributed by atoms with Gasteiger partial charge in [0.2, 0.25) is 0 Å². The fraction of sp³-hybridized carbons (Fsp3) is 0.0167. The maximum Gasteiger partial charge on any atom is 0.269 e. The van der Waals surface area contributed by atoms with Crippen LogP contribution in [0.2, 0.25) is 0 Å². The number of hydrogen-bond acceptors (Lipinski definition) is 11. The number of amides is 2. The minimum Gasteiger partial charge on any atom is -0.505 e. The lowest BCUT2D eigenvalue weighted by molar-refractivity contribution is -0.384. The second-order valence-corrected chi connectivity index (χ2v) is 18.5. The van der Waals surface area contributed by atoms with Gasteiger partial charge in [0, 0.05) is 78.0 Å². The predicted octanol–water partition coefficient (Wildman–Crippen LogP) is 15.4. The summed E-state index contributed by atoms with van der Waals surface area (Å²) in [5, 5.41) is 65.1. The molecule has 0 fully saturated rings. The highest BCUT2D eigenvalue weighted by Crippen LogP contribution is 2.47. The number of nitro benzene ring substituents is 1. The van der Waals surface area contributed by atoms with Crippen molar-refractivity contribution in [3.05, 3.63) is 208 Å². The second kappa shape index (κ2) is 17.4. The summed E-state index contributed by atoms with van der Waals surface area (Å²) in [4.78, 5) is 59.7. The van der Waals surface area contributed by atoms with Crippen LogP contribution in [-0.2, 0) is 0 Å². The van der Waals surface area contributed by atoms with Crippen LogP contribution in [-0.4, -0.2) is 42.7 Å². The molecule has 2 aromatic heterocycles. The van der Waals surface area contributed by atoms with Crippen LogP contribution < -0.4 is 10.6 Å². The Morgan fingerprint density at radius 2 is 1.01 bits per heavy atom. The van der Waals surface area contributed by atoms with Gasteiger partial charge >= 0.3 is 0 Å². The molecule has 1 aliphatic carbocycles. The third kappa shape index (κ3) is 7.35. The molecule has 0 saturated heterocycles. The molecular formula is C60H37N9O7. The Bertz CT molecular complexity index is 4610. The number of phenols is 2. The highest BCUT2D eigenvalue weighted by atomic mass is 16.6. The number of aromatic hydroxyl groups is 2. The normalized spacial score (nSPS) is 12.2. The Kier molecular flexibility index (Phi) is 10.3. The van der Waals surface area contributed by atoms with E-state index >= 15 is 0 Å². The van der Waals surface area contributed by atoms with Crippen molar-refractivity contribution in [3.63, 3.8) is 0 Å². The van der Waals surface area contributed by atoms with Crippen LogP contribution in [0.15, 0.2) is 190 Å². The molecule has 16 heteroatoms. The Labute approximate surface area is 428 Å². The van der Waals surface area contributed by atoms with E-state index in [9.17, 15) is 34.7 Å². The number of hydrogen-bond donors (Lipinski definition) is 6. The van der Waals surface area contributed by atoms with E-state index in [4.69, 9.17) is 0 Å². The van der Waals surface area contributed by atoms with Crippen LogP contribution in [0.4, 0.5) is 39.8 Å². The number of carbonyl (C=O) groups is 3. The van der Waals surface area contributed by atoms with Crippen LogP contribution in [0.25, 0.3) is 76.3 Å². The molecular weight excluding hydrogens is 959 g/mol. The Morgan fingerprint density at radius 1 is 0.526 bits per heavy atom. The molecule has 364 valence electrons. The number of ketones is 1. The topological polar surface area (TPSA) is 240 Å². The molecule has 0 spiro atoms. The maximum atomic E-state index is 14.3. The van der Waals surface area contributed by atoms with Crippen molar-refractivity contribution in [1.29, 1.82) is 0 Å². The predicted molar refractivity (Wildman–Crippen MR) is 294 cm³/mol. The molecule has 0 radical (unpaired) electrons. The third-order valence-electron chi connectivity index (χ3n) is 14.0. The number of non-ortho nitro benzene ring substituents is 1.